The monoisotopic (exact) mass is 249 g/mol. The van der Waals surface area contributed by atoms with Gasteiger partial charge in [0.1, 0.15) is 5.75 Å². The van der Waals surface area contributed by atoms with Crippen molar-refractivity contribution in [1.29, 1.82) is 0 Å². The first-order valence-corrected chi connectivity index (χ1v) is 6.62. The number of para-hydroxylation sites is 2. The van der Waals surface area contributed by atoms with Gasteiger partial charge in [0.25, 0.3) is 0 Å². The second kappa shape index (κ2) is 5.19. The van der Waals surface area contributed by atoms with Crippen LogP contribution in [0.1, 0.15) is 26.7 Å². The molecule has 100 valence electrons. The average molecular weight is 249 g/mol. The molecule has 1 aliphatic carbocycles. The predicted octanol–water partition coefficient (Wildman–Crippen LogP) is 2.90. The van der Waals surface area contributed by atoms with Gasteiger partial charge >= 0.3 is 0 Å². The lowest BCUT2D eigenvalue weighted by molar-refractivity contribution is 0.0646. The topological polar surface area (TPSA) is 41.5 Å². The molecule has 1 fully saturated rings. The van der Waals surface area contributed by atoms with Crippen molar-refractivity contribution in [3.8, 4) is 5.75 Å². The van der Waals surface area contributed by atoms with Gasteiger partial charge in [0.05, 0.1) is 24.9 Å². The van der Waals surface area contributed by atoms with Gasteiger partial charge in [-0.15, -0.1) is 0 Å². The van der Waals surface area contributed by atoms with E-state index in [-0.39, 0.29) is 12.1 Å². The van der Waals surface area contributed by atoms with Crippen LogP contribution in [0.15, 0.2) is 24.3 Å². The van der Waals surface area contributed by atoms with Crippen LogP contribution in [0.3, 0.4) is 0 Å². The van der Waals surface area contributed by atoms with Crippen molar-refractivity contribution in [1.82, 2.24) is 0 Å². The van der Waals surface area contributed by atoms with Crippen molar-refractivity contribution in [3.63, 3.8) is 0 Å². The molecule has 0 amide bonds. The van der Waals surface area contributed by atoms with E-state index >= 15 is 0 Å². The molecule has 0 spiro atoms. The highest BCUT2D eigenvalue weighted by Gasteiger charge is 2.45. The molecule has 0 unspecified atom stereocenters. The van der Waals surface area contributed by atoms with E-state index in [0.29, 0.717) is 11.8 Å². The Morgan fingerprint density at radius 3 is 2.61 bits per heavy atom. The zero-order valence-electron chi connectivity index (χ0n) is 11.4. The van der Waals surface area contributed by atoms with E-state index < -0.39 is 0 Å². The molecule has 2 rings (SSSR count). The number of hydrogen-bond acceptors (Lipinski definition) is 3. The van der Waals surface area contributed by atoms with Crippen molar-refractivity contribution in [3.05, 3.63) is 24.3 Å². The molecule has 18 heavy (non-hydrogen) atoms. The van der Waals surface area contributed by atoms with Crippen LogP contribution in [0.2, 0.25) is 0 Å². The van der Waals surface area contributed by atoms with E-state index in [0.717, 1.165) is 24.3 Å². The molecule has 0 radical (unpaired) electrons. The SMILES string of the molecule is COc1ccccc1NC1(CO)CC(C(C)C)C1. The fourth-order valence-electron chi connectivity index (χ4n) is 2.72. The lowest BCUT2D eigenvalue weighted by Gasteiger charge is -2.49. The van der Waals surface area contributed by atoms with Crippen molar-refractivity contribution in [2.24, 2.45) is 11.8 Å². The van der Waals surface area contributed by atoms with Crippen molar-refractivity contribution >= 4 is 5.69 Å². The van der Waals surface area contributed by atoms with Crippen LogP contribution in [0.4, 0.5) is 5.69 Å². The first kappa shape index (κ1) is 13.2. The molecule has 0 bridgehead atoms. The summed E-state index contributed by atoms with van der Waals surface area (Å²) in [6.07, 6.45) is 2.05. The molecule has 0 saturated heterocycles. The Morgan fingerprint density at radius 2 is 2.06 bits per heavy atom. The zero-order chi connectivity index (χ0) is 13.2. The van der Waals surface area contributed by atoms with Gasteiger partial charge < -0.3 is 15.2 Å². The second-order valence-electron chi connectivity index (χ2n) is 5.68. The maximum Gasteiger partial charge on any atom is 0.141 e. The normalized spacial score (nSPS) is 26.8. The van der Waals surface area contributed by atoms with Gasteiger partial charge in [0.2, 0.25) is 0 Å². The van der Waals surface area contributed by atoms with Crippen LogP contribution in [0, 0.1) is 11.8 Å². The number of rotatable bonds is 5. The summed E-state index contributed by atoms with van der Waals surface area (Å²) in [4.78, 5) is 0. The van der Waals surface area contributed by atoms with Crippen LogP contribution < -0.4 is 10.1 Å². The molecule has 1 aromatic rings. The van der Waals surface area contributed by atoms with Crippen LogP contribution >= 0.6 is 0 Å². The molecule has 0 aromatic heterocycles. The van der Waals surface area contributed by atoms with Crippen LogP contribution in [0.25, 0.3) is 0 Å². The summed E-state index contributed by atoms with van der Waals surface area (Å²) in [7, 11) is 1.67. The van der Waals surface area contributed by atoms with E-state index in [2.05, 4.69) is 19.2 Å². The van der Waals surface area contributed by atoms with E-state index in [9.17, 15) is 5.11 Å². The summed E-state index contributed by atoms with van der Waals surface area (Å²) in [5, 5.41) is 13.1. The van der Waals surface area contributed by atoms with Crippen molar-refractivity contribution in [2.45, 2.75) is 32.2 Å². The van der Waals surface area contributed by atoms with Gasteiger partial charge in [-0.05, 0) is 36.8 Å². The first-order valence-electron chi connectivity index (χ1n) is 6.62. The third kappa shape index (κ3) is 2.46. The summed E-state index contributed by atoms with van der Waals surface area (Å²) in [5.74, 6) is 2.22. The van der Waals surface area contributed by atoms with Crippen molar-refractivity contribution in [2.75, 3.05) is 19.0 Å². The lowest BCUT2D eigenvalue weighted by atomic mass is 9.64. The third-order valence-corrected chi connectivity index (χ3v) is 4.06. The standard InChI is InChI=1S/C15H23NO2/c1-11(2)12-8-15(9-12,10-17)16-13-6-4-5-7-14(13)18-3/h4-7,11-12,16-17H,8-10H2,1-3H3. The molecule has 1 aromatic carbocycles. The molecular formula is C15H23NO2. The highest BCUT2D eigenvalue weighted by molar-refractivity contribution is 5.58. The largest absolute Gasteiger partial charge is 0.495 e. The molecule has 0 heterocycles. The number of anilines is 1. The van der Waals surface area contributed by atoms with Gasteiger partial charge in [0, 0.05) is 0 Å². The third-order valence-electron chi connectivity index (χ3n) is 4.06. The smallest absolute Gasteiger partial charge is 0.141 e. The number of methoxy groups -OCH3 is 1. The second-order valence-corrected chi connectivity index (χ2v) is 5.68. The maximum absolute atomic E-state index is 9.66. The van der Waals surface area contributed by atoms with Gasteiger partial charge in [0.15, 0.2) is 0 Å². The van der Waals surface area contributed by atoms with Crippen LogP contribution in [-0.4, -0.2) is 24.4 Å². The number of benzene rings is 1. The number of aliphatic hydroxyl groups is 1. The summed E-state index contributed by atoms with van der Waals surface area (Å²) in [5.41, 5.74) is 0.806. The molecular weight excluding hydrogens is 226 g/mol. The predicted molar refractivity (Wildman–Crippen MR) is 74.0 cm³/mol. The lowest BCUT2D eigenvalue weighted by Crippen LogP contribution is -2.54. The first-order chi connectivity index (χ1) is 8.60. The highest BCUT2D eigenvalue weighted by Crippen LogP contribution is 2.45. The summed E-state index contributed by atoms with van der Waals surface area (Å²) >= 11 is 0. The van der Waals surface area contributed by atoms with Crippen LogP contribution in [-0.2, 0) is 0 Å². The zero-order valence-corrected chi connectivity index (χ0v) is 11.4. The quantitative estimate of drug-likeness (QED) is 0.843. The van der Waals surface area contributed by atoms with E-state index in [4.69, 9.17) is 4.74 Å². The maximum atomic E-state index is 9.66. The summed E-state index contributed by atoms with van der Waals surface area (Å²) < 4.78 is 5.33. The highest BCUT2D eigenvalue weighted by atomic mass is 16.5. The molecule has 2 N–H and O–H groups in total. The fourth-order valence-corrected chi connectivity index (χ4v) is 2.72. The van der Waals surface area contributed by atoms with Gasteiger partial charge in [-0.2, -0.15) is 0 Å². The fraction of sp³-hybridized carbons (Fsp3) is 0.600. The minimum Gasteiger partial charge on any atom is -0.495 e. The molecule has 3 heteroatoms. The molecule has 3 nitrogen and oxygen atoms in total. The average Bonchev–Trinajstić information content (AvgIpc) is 2.33. The Labute approximate surface area is 109 Å². The number of ether oxygens (including phenoxy) is 1. The Balaban J connectivity index is 2.08. The number of nitrogens with one attached hydrogen (secondary N) is 1. The number of aliphatic hydroxyl groups excluding tert-OH is 1. The molecule has 1 aliphatic rings. The Morgan fingerprint density at radius 1 is 1.39 bits per heavy atom. The Kier molecular flexibility index (Phi) is 3.81. The summed E-state index contributed by atoms with van der Waals surface area (Å²) in [6, 6.07) is 7.87. The van der Waals surface area contributed by atoms with E-state index in [1.54, 1.807) is 7.11 Å². The van der Waals surface area contributed by atoms with E-state index in [1.165, 1.54) is 0 Å². The Bertz CT molecular complexity index is 397. The molecule has 0 aliphatic heterocycles. The Hall–Kier alpha value is -1.22. The van der Waals surface area contributed by atoms with Gasteiger partial charge in [-0.1, -0.05) is 26.0 Å². The minimum absolute atomic E-state index is 0.163. The van der Waals surface area contributed by atoms with Gasteiger partial charge in [-0.3, -0.25) is 0 Å². The number of hydrogen-bond donors (Lipinski definition) is 2. The van der Waals surface area contributed by atoms with Gasteiger partial charge in [-0.25, -0.2) is 0 Å². The van der Waals surface area contributed by atoms with E-state index in [1.807, 2.05) is 24.3 Å². The summed E-state index contributed by atoms with van der Waals surface area (Å²) in [6.45, 7) is 4.67. The molecule has 0 atom stereocenters. The minimum atomic E-state index is -0.163. The van der Waals surface area contributed by atoms with Crippen molar-refractivity contribution < 1.29 is 9.84 Å². The van der Waals surface area contributed by atoms with Crippen LogP contribution in [0.5, 0.6) is 5.75 Å². The molecule has 1 saturated carbocycles.